The molecule has 1 aromatic carbocycles. The normalized spacial score (nSPS) is 10.1. The molecule has 0 heterocycles. The van der Waals surface area contributed by atoms with Crippen molar-refractivity contribution in [3.63, 3.8) is 0 Å². The van der Waals surface area contributed by atoms with Gasteiger partial charge < -0.3 is 0 Å². The molecule has 0 aliphatic rings. The van der Waals surface area contributed by atoms with Crippen LogP contribution in [0, 0.1) is 0 Å². The monoisotopic (exact) mass is 232 g/mol. The van der Waals surface area contributed by atoms with E-state index in [0.717, 1.165) is 11.3 Å². The van der Waals surface area contributed by atoms with Crippen LogP contribution >= 0.6 is 12.2 Å². The molecule has 1 rings (SSSR count). The maximum atomic E-state index is 5.26. The molecule has 0 amide bonds. The first-order chi connectivity index (χ1) is 7.66. The topological polar surface area (TPSA) is 0 Å². The average Bonchev–Trinajstić information content (AvgIpc) is 2.29. The van der Waals surface area contributed by atoms with E-state index in [1.54, 1.807) is 0 Å². The Morgan fingerprint density at radius 2 is 1.81 bits per heavy atom. The fourth-order valence-electron chi connectivity index (χ4n) is 1.82. The molecule has 0 saturated carbocycles. The lowest BCUT2D eigenvalue weighted by atomic mass is 9.95. The van der Waals surface area contributed by atoms with Crippen LogP contribution in [-0.4, -0.2) is 4.86 Å². The van der Waals surface area contributed by atoms with Crippen LogP contribution in [-0.2, 0) is 0 Å². The predicted molar refractivity (Wildman–Crippen MR) is 77.0 cm³/mol. The van der Waals surface area contributed by atoms with E-state index in [2.05, 4.69) is 31.7 Å². The van der Waals surface area contributed by atoms with Crippen LogP contribution in [0.1, 0.15) is 50.7 Å². The molecule has 16 heavy (non-hydrogen) atoms. The molecule has 1 aromatic rings. The summed E-state index contributed by atoms with van der Waals surface area (Å²) in [5.41, 5.74) is 3.61. The van der Waals surface area contributed by atoms with Gasteiger partial charge in [0.2, 0.25) is 0 Å². The maximum Gasteiger partial charge on any atom is 0.0199 e. The van der Waals surface area contributed by atoms with Crippen LogP contribution in [0.5, 0.6) is 0 Å². The summed E-state index contributed by atoms with van der Waals surface area (Å²) >= 11 is 5.26. The second-order valence-electron chi connectivity index (χ2n) is 4.16. The van der Waals surface area contributed by atoms with E-state index < -0.39 is 0 Å². The third-order valence-corrected chi connectivity index (χ3v) is 2.99. The quantitative estimate of drug-likeness (QED) is 0.377. The molecular weight excluding hydrogens is 212 g/mol. The molecule has 0 fully saturated rings. The van der Waals surface area contributed by atoms with Crippen molar-refractivity contribution in [2.45, 2.75) is 39.5 Å². The van der Waals surface area contributed by atoms with Crippen molar-refractivity contribution in [2.75, 3.05) is 0 Å². The predicted octanol–water partition coefficient (Wildman–Crippen LogP) is 5.02. The van der Waals surface area contributed by atoms with E-state index in [0.29, 0.717) is 0 Å². The lowest BCUT2D eigenvalue weighted by molar-refractivity contribution is 0.736. The van der Waals surface area contributed by atoms with Crippen LogP contribution in [0.15, 0.2) is 30.8 Å². The Bertz CT molecular complexity index is 377. The minimum atomic E-state index is 0.951. The smallest absolute Gasteiger partial charge is 0.0199 e. The lowest BCUT2D eigenvalue weighted by Crippen LogP contribution is -1.97. The van der Waals surface area contributed by atoms with Gasteiger partial charge in [0.05, 0.1) is 0 Å². The van der Waals surface area contributed by atoms with Crippen molar-refractivity contribution in [2.24, 2.45) is 0 Å². The van der Waals surface area contributed by atoms with Gasteiger partial charge in [0.25, 0.3) is 0 Å². The Morgan fingerprint density at radius 1 is 1.19 bits per heavy atom. The van der Waals surface area contributed by atoms with Gasteiger partial charge in [-0.3, -0.25) is 0 Å². The molecule has 0 spiro atoms. The molecule has 0 radical (unpaired) electrons. The highest BCUT2D eigenvalue weighted by Gasteiger charge is 2.06. The van der Waals surface area contributed by atoms with E-state index >= 15 is 0 Å². The van der Waals surface area contributed by atoms with Crippen molar-refractivity contribution < 1.29 is 0 Å². The number of rotatable bonds is 6. The maximum absolute atomic E-state index is 5.26. The van der Waals surface area contributed by atoms with Crippen molar-refractivity contribution >= 4 is 22.7 Å². The minimum Gasteiger partial charge on any atom is -0.0952 e. The van der Waals surface area contributed by atoms with Crippen LogP contribution in [0.3, 0.4) is 0 Å². The second kappa shape index (κ2) is 6.59. The molecular formula is C15H20S. The Kier molecular flexibility index (Phi) is 5.41. The van der Waals surface area contributed by atoms with Crippen molar-refractivity contribution in [1.29, 1.82) is 0 Å². The van der Waals surface area contributed by atoms with Crippen LogP contribution < -0.4 is 0 Å². The summed E-state index contributed by atoms with van der Waals surface area (Å²) in [6, 6.07) is 8.30. The molecule has 0 bridgehead atoms. The first-order valence-corrected chi connectivity index (χ1v) is 6.35. The van der Waals surface area contributed by atoms with Gasteiger partial charge in [0.1, 0.15) is 0 Å². The average molecular weight is 232 g/mol. The first kappa shape index (κ1) is 13.1. The fraction of sp³-hybridized carbons (Fsp3) is 0.400. The minimum absolute atomic E-state index is 0.951. The number of hydrogen-bond donors (Lipinski definition) is 0. The Labute approximate surface area is 104 Å². The number of benzene rings is 1. The van der Waals surface area contributed by atoms with Crippen molar-refractivity contribution in [3.05, 3.63) is 42.0 Å². The molecule has 0 N–H and O–H groups in total. The number of unbranched alkanes of at least 4 members (excludes halogenated alkanes) is 2. The second-order valence-corrected chi connectivity index (χ2v) is 4.77. The molecule has 0 aliphatic carbocycles. The third kappa shape index (κ3) is 3.57. The highest BCUT2D eigenvalue weighted by Crippen LogP contribution is 2.23. The van der Waals surface area contributed by atoms with E-state index in [-0.39, 0.29) is 0 Å². The van der Waals surface area contributed by atoms with Gasteiger partial charge in [-0.2, -0.15) is 0 Å². The SMILES string of the molecule is C=C(CCCCC)c1ccccc1C(C)=S. The summed E-state index contributed by atoms with van der Waals surface area (Å²) in [4.78, 5) is 0.951. The largest absolute Gasteiger partial charge is 0.0952 e. The highest BCUT2D eigenvalue weighted by molar-refractivity contribution is 7.80. The van der Waals surface area contributed by atoms with Gasteiger partial charge in [0.15, 0.2) is 0 Å². The molecule has 0 atom stereocenters. The molecule has 86 valence electrons. The summed E-state index contributed by atoms with van der Waals surface area (Å²) in [5, 5.41) is 0. The van der Waals surface area contributed by atoms with Gasteiger partial charge in [-0.1, -0.05) is 62.8 Å². The van der Waals surface area contributed by atoms with Gasteiger partial charge >= 0.3 is 0 Å². The molecule has 1 heteroatoms. The number of hydrogen-bond acceptors (Lipinski definition) is 1. The summed E-state index contributed by atoms with van der Waals surface area (Å²) in [6.07, 6.45) is 4.83. The standard InChI is InChI=1S/C15H20S/c1-4-5-6-9-12(2)14-10-7-8-11-15(14)13(3)16/h7-8,10-11H,2,4-6,9H2,1,3H3. The Balaban J connectivity index is 2.78. The summed E-state index contributed by atoms with van der Waals surface area (Å²) < 4.78 is 0. The van der Waals surface area contributed by atoms with Gasteiger partial charge in [-0.05, 0) is 36.5 Å². The van der Waals surface area contributed by atoms with Gasteiger partial charge in [-0.15, -0.1) is 0 Å². The third-order valence-electron chi connectivity index (χ3n) is 2.77. The summed E-state index contributed by atoms with van der Waals surface area (Å²) in [5.74, 6) is 0. The zero-order valence-corrected chi connectivity index (χ0v) is 11.1. The molecule has 0 aliphatic heterocycles. The van der Waals surface area contributed by atoms with Crippen LogP contribution in [0.4, 0.5) is 0 Å². The molecule has 0 unspecified atom stereocenters. The van der Waals surface area contributed by atoms with E-state index in [4.69, 9.17) is 12.2 Å². The first-order valence-electron chi connectivity index (χ1n) is 5.95. The van der Waals surface area contributed by atoms with E-state index in [9.17, 15) is 0 Å². The van der Waals surface area contributed by atoms with Crippen molar-refractivity contribution in [1.82, 2.24) is 0 Å². The number of thiocarbonyl (C=S) groups is 1. The number of allylic oxidation sites excluding steroid dienone is 1. The van der Waals surface area contributed by atoms with E-state index in [1.165, 1.54) is 36.0 Å². The zero-order valence-electron chi connectivity index (χ0n) is 10.3. The highest BCUT2D eigenvalue weighted by atomic mass is 32.1. The van der Waals surface area contributed by atoms with Gasteiger partial charge in [0, 0.05) is 4.86 Å². The Morgan fingerprint density at radius 3 is 2.38 bits per heavy atom. The van der Waals surface area contributed by atoms with Crippen LogP contribution in [0.2, 0.25) is 0 Å². The zero-order chi connectivity index (χ0) is 12.0. The Hall–Kier alpha value is -0.950. The van der Waals surface area contributed by atoms with Crippen LogP contribution in [0.25, 0.3) is 5.57 Å². The summed E-state index contributed by atoms with van der Waals surface area (Å²) in [7, 11) is 0. The molecule has 0 saturated heterocycles. The summed E-state index contributed by atoms with van der Waals surface area (Å²) in [6.45, 7) is 8.38. The fourth-order valence-corrected chi connectivity index (χ4v) is 2.00. The molecule has 0 aromatic heterocycles. The lowest BCUT2D eigenvalue weighted by Gasteiger charge is -2.10. The van der Waals surface area contributed by atoms with E-state index in [1.807, 2.05) is 13.0 Å². The van der Waals surface area contributed by atoms with Crippen molar-refractivity contribution in [3.8, 4) is 0 Å². The molecule has 0 nitrogen and oxygen atoms in total. The van der Waals surface area contributed by atoms with Gasteiger partial charge in [-0.25, -0.2) is 0 Å².